The molecule has 1 amide bonds. The number of benzene rings is 5. The number of anilines is 1. The smallest absolute Gasteiger partial charge is 0.257 e. The molecule has 0 aliphatic carbocycles. The van der Waals surface area contributed by atoms with E-state index in [1.54, 1.807) is 12.1 Å². The minimum absolute atomic E-state index is 0.234. The van der Waals surface area contributed by atoms with Crippen molar-refractivity contribution >= 4 is 39.7 Å². The summed E-state index contributed by atoms with van der Waals surface area (Å²) in [5.41, 5.74) is 8.89. The molecule has 1 N–H and O–H groups in total. The molecule has 0 spiro atoms. The largest absolute Gasteiger partial charge is 0.322 e. The molecule has 6 aromatic rings. The second-order valence-electron chi connectivity index (χ2n) is 10.4. The number of amides is 1. The summed E-state index contributed by atoms with van der Waals surface area (Å²) in [5, 5.41) is 4.68. The summed E-state index contributed by atoms with van der Waals surface area (Å²) in [6.45, 7) is 2.22. The molecule has 41 heavy (non-hydrogen) atoms. The standard InChI is InChI=1S/C37H27ClN2O/c1-25-30-16-9-11-19-34(30)40-35(25)32(26-12-4-2-5-13-26)24-37(40,27-14-6-3-7-15-27)28-20-22-29(23-21-28)39-36(41)31-17-8-10-18-33(31)38/h2-24H,1H3,(H,39,41). The second kappa shape index (κ2) is 9.96. The number of aromatic nitrogens is 1. The van der Waals surface area contributed by atoms with Crippen LogP contribution in [-0.4, -0.2) is 10.5 Å². The second-order valence-corrected chi connectivity index (χ2v) is 10.8. The van der Waals surface area contributed by atoms with Crippen LogP contribution in [0.2, 0.25) is 5.02 Å². The van der Waals surface area contributed by atoms with Crippen molar-refractivity contribution in [1.82, 2.24) is 4.57 Å². The first kappa shape index (κ1) is 25.1. The molecule has 2 heterocycles. The van der Waals surface area contributed by atoms with Crippen molar-refractivity contribution in [1.29, 1.82) is 0 Å². The summed E-state index contributed by atoms with van der Waals surface area (Å²) in [7, 11) is 0. The third-order valence-corrected chi connectivity index (χ3v) is 8.42. The molecule has 0 fully saturated rings. The minimum Gasteiger partial charge on any atom is -0.322 e. The predicted octanol–water partition coefficient (Wildman–Crippen LogP) is 9.09. The lowest BCUT2D eigenvalue weighted by molar-refractivity contribution is 0.102. The number of aryl methyl sites for hydroxylation is 1. The van der Waals surface area contributed by atoms with Crippen molar-refractivity contribution in [3.63, 3.8) is 0 Å². The molecule has 0 bridgehead atoms. The number of allylic oxidation sites excluding steroid dienone is 1. The number of hydrogen-bond acceptors (Lipinski definition) is 1. The van der Waals surface area contributed by atoms with Gasteiger partial charge in [-0.3, -0.25) is 4.79 Å². The maximum absolute atomic E-state index is 13.0. The first-order valence-corrected chi connectivity index (χ1v) is 14.1. The number of fused-ring (bicyclic) bond motifs is 3. The van der Waals surface area contributed by atoms with Gasteiger partial charge >= 0.3 is 0 Å². The Balaban J connectivity index is 1.43. The van der Waals surface area contributed by atoms with Crippen molar-refractivity contribution in [2.75, 3.05) is 5.32 Å². The molecular weight excluding hydrogens is 524 g/mol. The quantitative estimate of drug-likeness (QED) is 0.228. The summed E-state index contributed by atoms with van der Waals surface area (Å²) >= 11 is 6.27. The molecule has 4 heteroatoms. The lowest BCUT2D eigenvalue weighted by Gasteiger charge is -2.33. The van der Waals surface area contributed by atoms with E-state index in [1.165, 1.54) is 38.9 Å². The van der Waals surface area contributed by atoms with Crippen LogP contribution < -0.4 is 5.32 Å². The minimum atomic E-state index is -0.596. The summed E-state index contributed by atoms with van der Waals surface area (Å²) in [6, 6.07) is 45.2. The molecule has 1 atom stereocenters. The Kier molecular flexibility index (Phi) is 6.10. The molecule has 3 nitrogen and oxygen atoms in total. The molecule has 1 aliphatic heterocycles. The number of rotatable bonds is 5. The van der Waals surface area contributed by atoms with Crippen molar-refractivity contribution < 1.29 is 4.79 Å². The first-order valence-electron chi connectivity index (χ1n) is 13.7. The van der Waals surface area contributed by atoms with Gasteiger partial charge in [0.05, 0.1) is 21.8 Å². The zero-order valence-electron chi connectivity index (χ0n) is 22.5. The van der Waals surface area contributed by atoms with Crippen molar-refractivity contribution in [3.05, 3.63) is 178 Å². The molecule has 1 unspecified atom stereocenters. The van der Waals surface area contributed by atoms with Crippen LogP contribution in [0, 0.1) is 6.92 Å². The summed E-state index contributed by atoms with van der Waals surface area (Å²) < 4.78 is 2.49. The Bertz CT molecular complexity index is 1940. The van der Waals surface area contributed by atoms with Crippen molar-refractivity contribution in [2.24, 2.45) is 0 Å². The normalized spacial score (nSPS) is 15.9. The van der Waals surface area contributed by atoms with E-state index >= 15 is 0 Å². The molecule has 5 aromatic carbocycles. The molecule has 0 saturated heterocycles. The number of carbonyl (C=O) groups excluding carboxylic acids is 1. The average Bonchev–Trinajstić information content (AvgIpc) is 3.53. The first-order chi connectivity index (χ1) is 20.1. The lowest BCUT2D eigenvalue weighted by Crippen LogP contribution is -2.32. The molecule has 1 aliphatic rings. The lowest BCUT2D eigenvalue weighted by atomic mass is 9.81. The van der Waals surface area contributed by atoms with Crippen LogP contribution >= 0.6 is 11.6 Å². The van der Waals surface area contributed by atoms with Gasteiger partial charge in [0, 0.05) is 16.6 Å². The highest BCUT2D eigenvalue weighted by molar-refractivity contribution is 6.34. The van der Waals surface area contributed by atoms with Gasteiger partial charge in [-0.25, -0.2) is 0 Å². The van der Waals surface area contributed by atoms with E-state index in [2.05, 4.69) is 120 Å². The van der Waals surface area contributed by atoms with Gasteiger partial charge in [-0.05, 0) is 65.6 Å². The van der Waals surface area contributed by atoms with Gasteiger partial charge in [0.15, 0.2) is 0 Å². The van der Waals surface area contributed by atoms with Gasteiger partial charge in [-0.15, -0.1) is 0 Å². The van der Waals surface area contributed by atoms with E-state index in [9.17, 15) is 4.79 Å². The molecule has 7 rings (SSSR count). The van der Waals surface area contributed by atoms with Crippen molar-refractivity contribution in [3.8, 4) is 0 Å². The monoisotopic (exact) mass is 550 g/mol. The van der Waals surface area contributed by atoms with Crippen LogP contribution in [-0.2, 0) is 5.54 Å². The number of nitrogens with one attached hydrogen (secondary N) is 1. The third-order valence-electron chi connectivity index (χ3n) is 8.09. The molecular formula is C37H27ClN2O. The summed E-state index contributed by atoms with van der Waals surface area (Å²) in [5.74, 6) is -0.234. The average molecular weight is 551 g/mol. The van der Waals surface area contributed by atoms with Gasteiger partial charge in [-0.1, -0.05) is 115 Å². The highest BCUT2D eigenvalue weighted by atomic mass is 35.5. The van der Waals surface area contributed by atoms with Gasteiger partial charge < -0.3 is 9.88 Å². The fourth-order valence-corrected chi connectivity index (χ4v) is 6.43. The summed E-state index contributed by atoms with van der Waals surface area (Å²) in [6.07, 6.45) is 2.41. The Morgan fingerprint density at radius 3 is 2.05 bits per heavy atom. The van der Waals surface area contributed by atoms with E-state index in [0.29, 0.717) is 16.3 Å². The maximum atomic E-state index is 13.0. The van der Waals surface area contributed by atoms with Gasteiger partial charge in [0.25, 0.3) is 5.91 Å². The molecule has 0 saturated carbocycles. The SMILES string of the molecule is Cc1c2n(c3ccccc13)C(c1ccccc1)(c1ccc(NC(=O)c3ccccc3Cl)cc1)C=C2c1ccccc1. The van der Waals surface area contributed by atoms with Crippen LogP contribution in [0.25, 0.3) is 16.5 Å². The van der Waals surface area contributed by atoms with E-state index in [4.69, 9.17) is 11.6 Å². The Morgan fingerprint density at radius 2 is 1.32 bits per heavy atom. The zero-order valence-corrected chi connectivity index (χ0v) is 23.3. The van der Waals surface area contributed by atoms with E-state index < -0.39 is 5.54 Å². The highest BCUT2D eigenvalue weighted by Gasteiger charge is 2.43. The maximum Gasteiger partial charge on any atom is 0.257 e. The van der Waals surface area contributed by atoms with E-state index in [0.717, 1.165) is 5.56 Å². The Labute approximate surface area is 244 Å². The van der Waals surface area contributed by atoms with Crippen LogP contribution in [0.3, 0.4) is 0 Å². The van der Waals surface area contributed by atoms with Gasteiger partial charge in [0.2, 0.25) is 0 Å². The van der Waals surface area contributed by atoms with Gasteiger partial charge in [-0.2, -0.15) is 0 Å². The zero-order chi connectivity index (χ0) is 28.0. The summed E-state index contributed by atoms with van der Waals surface area (Å²) in [4.78, 5) is 13.0. The number of halogens is 1. The van der Waals surface area contributed by atoms with E-state index in [-0.39, 0.29) is 5.91 Å². The fourth-order valence-electron chi connectivity index (χ4n) is 6.21. The van der Waals surface area contributed by atoms with Crippen LogP contribution in [0.15, 0.2) is 140 Å². The van der Waals surface area contributed by atoms with E-state index in [1.807, 2.05) is 24.3 Å². The molecule has 198 valence electrons. The van der Waals surface area contributed by atoms with Crippen LogP contribution in [0.1, 0.15) is 38.3 Å². The Hall–Kier alpha value is -4.86. The fraction of sp³-hybridized carbons (Fsp3) is 0.0541. The van der Waals surface area contributed by atoms with Gasteiger partial charge in [0.1, 0.15) is 5.54 Å². The predicted molar refractivity (Wildman–Crippen MR) is 169 cm³/mol. The molecule has 1 aromatic heterocycles. The molecule has 0 radical (unpaired) electrons. The third kappa shape index (κ3) is 4.01. The highest BCUT2D eigenvalue weighted by Crippen LogP contribution is 2.51. The number of hydrogen-bond donors (Lipinski definition) is 1. The number of para-hydroxylation sites is 1. The van der Waals surface area contributed by atoms with Crippen LogP contribution in [0.4, 0.5) is 5.69 Å². The van der Waals surface area contributed by atoms with Crippen LogP contribution in [0.5, 0.6) is 0 Å². The van der Waals surface area contributed by atoms with Crippen molar-refractivity contribution in [2.45, 2.75) is 12.5 Å². The number of carbonyl (C=O) groups is 1. The Morgan fingerprint density at radius 1 is 0.707 bits per heavy atom. The number of nitrogens with zero attached hydrogens (tertiary/aromatic N) is 1. The topological polar surface area (TPSA) is 34.0 Å².